The second-order valence-corrected chi connectivity index (χ2v) is 8.65. The minimum absolute atomic E-state index is 0.00704. The highest BCUT2D eigenvalue weighted by Crippen LogP contribution is 2.33. The van der Waals surface area contributed by atoms with Crippen LogP contribution in [0.15, 0.2) is 46.0 Å². The number of Topliss-reactive ketones (excluding diaryl/α,β-unsaturated/α-hetero) is 1. The van der Waals surface area contributed by atoms with Gasteiger partial charge in [-0.25, -0.2) is 0 Å². The molecule has 3 aromatic rings. The van der Waals surface area contributed by atoms with E-state index in [2.05, 4.69) is 10.2 Å². The number of methoxy groups -OCH3 is 2. The average molecular weight is 454 g/mol. The number of hydrogen-bond acceptors (Lipinski definition) is 8. The van der Waals surface area contributed by atoms with Crippen molar-refractivity contribution in [2.75, 3.05) is 25.7 Å². The molecule has 0 aliphatic carbocycles. The molecule has 1 unspecified atom stereocenters. The number of fused-ring (bicyclic) bond motifs is 1. The smallest absolute Gasteiger partial charge is 0.277 e. The Morgan fingerprint density at radius 2 is 1.81 bits per heavy atom. The van der Waals surface area contributed by atoms with Gasteiger partial charge in [0.15, 0.2) is 5.78 Å². The normalized spacial score (nSPS) is 13.6. The van der Waals surface area contributed by atoms with E-state index in [1.165, 1.54) is 11.8 Å². The van der Waals surface area contributed by atoms with Gasteiger partial charge in [-0.15, -0.1) is 10.2 Å². The van der Waals surface area contributed by atoms with Crippen molar-refractivity contribution < 1.29 is 23.5 Å². The molecular formula is C23H23N3O5S. The van der Waals surface area contributed by atoms with Crippen LogP contribution in [0.3, 0.4) is 0 Å². The van der Waals surface area contributed by atoms with Gasteiger partial charge in [0, 0.05) is 36.3 Å². The molecule has 2 aromatic carbocycles. The molecule has 0 fully saturated rings. The van der Waals surface area contributed by atoms with Crippen molar-refractivity contribution in [3.05, 3.63) is 47.5 Å². The zero-order valence-corrected chi connectivity index (χ0v) is 19.1. The van der Waals surface area contributed by atoms with Crippen LogP contribution in [-0.4, -0.2) is 47.9 Å². The Morgan fingerprint density at radius 3 is 2.47 bits per heavy atom. The number of nitrogens with zero attached hydrogens (tertiary/aromatic N) is 3. The Bertz CT molecular complexity index is 1150. The summed E-state index contributed by atoms with van der Waals surface area (Å²) in [6, 6.07) is 10.8. The van der Waals surface area contributed by atoms with Gasteiger partial charge in [-0.1, -0.05) is 11.8 Å². The molecule has 1 aromatic heterocycles. The third kappa shape index (κ3) is 4.34. The van der Waals surface area contributed by atoms with E-state index in [1.54, 1.807) is 57.2 Å². The number of carbonyl (C=O) groups excluding carboxylic acids is 2. The maximum absolute atomic E-state index is 13.0. The number of ketones is 1. The summed E-state index contributed by atoms with van der Waals surface area (Å²) in [6.45, 7) is 4.00. The molecule has 1 amide bonds. The Kier molecular flexibility index (Phi) is 6.18. The number of hydrogen-bond donors (Lipinski definition) is 0. The summed E-state index contributed by atoms with van der Waals surface area (Å²) in [5, 5.41) is 8.05. The third-order valence-electron chi connectivity index (χ3n) is 5.29. The summed E-state index contributed by atoms with van der Waals surface area (Å²) in [7, 11) is 3.13. The lowest BCUT2D eigenvalue weighted by molar-refractivity contribution is -0.116. The van der Waals surface area contributed by atoms with Crippen molar-refractivity contribution >= 4 is 29.1 Å². The number of aromatic nitrogens is 2. The maximum Gasteiger partial charge on any atom is 0.277 e. The molecule has 9 heteroatoms. The van der Waals surface area contributed by atoms with Crippen molar-refractivity contribution in [3.8, 4) is 23.0 Å². The second kappa shape index (κ2) is 9.04. The number of ether oxygens (including phenoxy) is 2. The first-order valence-corrected chi connectivity index (χ1v) is 11.0. The molecule has 1 atom stereocenters. The first-order valence-electron chi connectivity index (χ1n) is 10.1. The van der Waals surface area contributed by atoms with Gasteiger partial charge in [-0.2, -0.15) is 0 Å². The molecule has 1 aliphatic rings. The first kappa shape index (κ1) is 21.9. The minimum Gasteiger partial charge on any atom is -0.497 e. The molecule has 32 heavy (non-hydrogen) atoms. The van der Waals surface area contributed by atoms with Gasteiger partial charge in [-0.05, 0) is 49.2 Å². The van der Waals surface area contributed by atoms with Crippen LogP contribution in [0.5, 0.6) is 11.5 Å². The fourth-order valence-electron chi connectivity index (χ4n) is 3.63. The minimum atomic E-state index is -0.425. The van der Waals surface area contributed by atoms with Crippen molar-refractivity contribution in [2.45, 2.75) is 30.7 Å². The molecule has 2 heterocycles. The fraction of sp³-hybridized carbons (Fsp3) is 0.304. The van der Waals surface area contributed by atoms with Gasteiger partial charge in [-0.3, -0.25) is 9.59 Å². The first-order chi connectivity index (χ1) is 15.4. The third-order valence-corrected chi connectivity index (χ3v) is 6.23. The van der Waals surface area contributed by atoms with E-state index in [0.29, 0.717) is 40.3 Å². The van der Waals surface area contributed by atoms with E-state index >= 15 is 0 Å². The molecule has 0 saturated carbocycles. The van der Waals surface area contributed by atoms with E-state index in [4.69, 9.17) is 13.9 Å². The van der Waals surface area contributed by atoms with Crippen LogP contribution in [0.25, 0.3) is 11.5 Å². The van der Waals surface area contributed by atoms with Crippen LogP contribution in [0.1, 0.15) is 29.8 Å². The van der Waals surface area contributed by atoms with Crippen LogP contribution in [0.4, 0.5) is 5.69 Å². The lowest BCUT2D eigenvalue weighted by Crippen LogP contribution is -2.25. The summed E-state index contributed by atoms with van der Waals surface area (Å²) in [4.78, 5) is 26.4. The molecule has 0 spiro atoms. The molecule has 4 rings (SSSR count). The Labute approximate surface area is 189 Å². The van der Waals surface area contributed by atoms with Gasteiger partial charge >= 0.3 is 0 Å². The number of thioether (sulfide) groups is 1. The summed E-state index contributed by atoms with van der Waals surface area (Å²) >= 11 is 1.20. The summed E-state index contributed by atoms with van der Waals surface area (Å²) < 4.78 is 16.3. The lowest BCUT2D eigenvalue weighted by Gasteiger charge is -2.15. The Hall–Kier alpha value is -3.33. The van der Waals surface area contributed by atoms with Gasteiger partial charge in [0.1, 0.15) is 11.5 Å². The molecular weight excluding hydrogens is 430 g/mol. The van der Waals surface area contributed by atoms with E-state index in [-0.39, 0.29) is 11.7 Å². The summed E-state index contributed by atoms with van der Waals surface area (Å²) in [5.41, 5.74) is 3.15. The van der Waals surface area contributed by atoms with Crippen LogP contribution >= 0.6 is 11.8 Å². The van der Waals surface area contributed by atoms with Crippen LogP contribution < -0.4 is 14.4 Å². The quantitative estimate of drug-likeness (QED) is 0.391. The molecule has 0 radical (unpaired) electrons. The van der Waals surface area contributed by atoms with E-state index in [0.717, 1.165) is 17.7 Å². The number of rotatable bonds is 7. The van der Waals surface area contributed by atoms with Crippen LogP contribution in [0, 0.1) is 0 Å². The summed E-state index contributed by atoms with van der Waals surface area (Å²) in [6.07, 6.45) is 0.745. The molecule has 0 bridgehead atoms. The second-order valence-electron chi connectivity index (χ2n) is 7.36. The van der Waals surface area contributed by atoms with E-state index in [1.807, 2.05) is 12.1 Å². The zero-order valence-electron chi connectivity index (χ0n) is 18.2. The van der Waals surface area contributed by atoms with Gasteiger partial charge in [0.2, 0.25) is 11.8 Å². The maximum atomic E-state index is 13.0. The highest BCUT2D eigenvalue weighted by atomic mass is 32.2. The highest BCUT2D eigenvalue weighted by molar-refractivity contribution is 8.00. The van der Waals surface area contributed by atoms with Crippen LogP contribution in [-0.2, 0) is 11.2 Å². The number of carbonyl (C=O) groups is 2. The van der Waals surface area contributed by atoms with E-state index in [9.17, 15) is 9.59 Å². The van der Waals surface area contributed by atoms with Crippen molar-refractivity contribution in [2.24, 2.45) is 0 Å². The monoisotopic (exact) mass is 453 g/mol. The Balaban J connectivity index is 1.48. The van der Waals surface area contributed by atoms with Crippen molar-refractivity contribution in [3.63, 3.8) is 0 Å². The van der Waals surface area contributed by atoms with Crippen LogP contribution in [0.2, 0.25) is 0 Å². The number of amides is 1. The molecule has 166 valence electrons. The molecule has 8 nitrogen and oxygen atoms in total. The predicted octanol–water partition coefficient (Wildman–Crippen LogP) is 4.03. The molecule has 1 aliphatic heterocycles. The molecule has 0 N–H and O–H groups in total. The topological polar surface area (TPSA) is 94.8 Å². The fourth-order valence-corrected chi connectivity index (χ4v) is 4.39. The van der Waals surface area contributed by atoms with Gasteiger partial charge < -0.3 is 18.8 Å². The van der Waals surface area contributed by atoms with Gasteiger partial charge in [0.05, 0.1) is 19.5 Å². The standard InChI is InChI=1S/C23H23N3O5S/c1-13(21(28)16-5-6-20-15(9-16)7-8-26(20)14(2)27)32-23-25-24-22(31-23)17-10-18(29-3)12-19(11-17)30-4/h5-6,9-13H,7-8H2,1-4H3. The highest BCUT2D eigenvalue weighted by Gasteiger charge is 2.25. The number of benzene rings is 2. The van der Waals surface area contributed by atoms with E-state index < -0.39 is 5.25 Å². The largest absolute Gasteiger partial charge is 0.497 e. The average Bonchev–Trinajstić information content (AvgIpc) is 3.44. The SMILES string of the molecule is COc1cc(OC)cc(-c2nnc(SC(C)C(=O)c3ccc4c(c3)CCN4C(C)=O)o2)c1. The van der Waals surface area contributed by atoms with Gasteiger partial charge in [0.25, 0.3) is 5.22 Å². The van der Waals surface area contributed by atoms with Crippen molar-refractivity contribution in [1.29, 1.82) is 0 Å². The predicted molar refractivity (Wildman–Crippen MR) is 121 cm³/mol. The summed E-state index contributed by atoms with van der Waals surface area (Å²) in [5.74, 6) is 1.49. The molecule has 0 saturated heterocycles. The van der Waals surface area contributed by atoms with Crippen molar-refractivity contribution in [1.82, 2.24) is 10.2 Å². The number of anilines is 1. The Morgan fingerprint density at radius 1 is 1.09 bits per heavy atom. The zero-order chi connectivity index (χ0) is 22.8. The lowest BCUT2D eigenvalue weighted by atomic mass is 10.0.